The van der Waals surface area contributed by atoms with Crippen molar-refractivity contribution in [2.75, 3.05) is 0 Å². The highest BCUT2D eigenvalue weighted by molar-refractivity contribution is 7.09. The fraction of sp³-hybridized carbons (Fsp3) is 0.250. The molecule has 0 radical (unpaired) electrons. The fourth-order valence-corrected chi connectivity index (χ4v) is 1.59. The van der Waals surface area contributed by atoms with Crippen molar-refractivity contribution in [3.05, 3.63) is 34.9 Å². The Balaban J connectivity index is 1.91. The van der Waals surface area contributed by atoms with E-state index in [-0.39, 0.29) is 0 Å². The molecule has 2 aromatic heterocycles. The summed E-state index contributed by atoms with van der Waals surface area (Å²) in [7, 11) is 0. The molecule has 0 aliphatic carbocycles. The van der Waals surface area contributed by atoms with E-state index in [9.17, 15) is 0 Å². The maximum Gasteiger partial charge on any atom is 0.180 e. The van der Waals surface area contributed by atoms with Gasteiger partial charge in [0.15, 0.2) is 6.39 Å². The first-order chi connectivity index (χ1) is 5.95. The van der Waals surface area contributed by atoms with Gasteiger partial charge in [-0.3, -0.25) is 0 Å². The number of aryl methyl sites for hydroxylation is 2. The van der Waals surface area contributed by atoms with Gasteiger partial charge in [-0.25, -0.2) is 9.97 Å². The van der Waals surface area contributed by atoms with Gasteiger partial charge in [0.2, 0.25) is 0 Å². The number of thiazole rings is 1. The zero-order valence-electron chi connectivity index (χ0n) is 6.43. The number of oxazole rings is 1. The predicted molar refractivity (Wildman–Crippen MR) is 46.0 cm³/mol. The fourth-order valence-electron chi connectivity index (χ4n) is 0.972. The van der Waals surface area contributed by atoms with Crippen LogP contribution < -0.4 is 0 Å². The summed E-state index contributed by atoms with van der Waals surface area (Å²) >= 11 is 1.68. The minimum Gasteiger partial charge on any atom is -0.451 e. The second-order valence-electron chi connectivity index (χ2n) is 2.41. The molecule has 2 heterocycles. The molecule has 0 aliphatic heterocycles. The zero-order valence-corrected chi connectivity index (χ0v) is 7.25. The lowest BCUT2D eigenvalue weighted by molar-refractivity contribution is 0.556. The molecular formula is C8H8N2OS. The SMILES string of the molecule is c1csc(CCc2cocn2)n1. The molecule has 0 unspecified atom stereocenters. The van der Waals surface area contributed by atoms with Crippen molar-refractivity contribution >= 4 is 11.3 Å². The van der Waals surface area contributed by atoms with Crippen LogP contribution in [0.1, 0.15) is 10.7 Å². The molecular weight excluding hydrogens is 172 g/mol. The largest absolute Gasteiger partial charge is 0.451 e. The third kappa shape index (κ3) is 1.71. The van der Waals surface area contributed by atoms with Crippen molar-refractivity contribution in [3.8, 4) is 0 Å². The summed E-state index contributed by atoms with van der Waals surface area (Å²) in [5, 5.41) is 3.14. The van der Waals surface area contributed by atoms with E-state index in [2.05, 4.69) is 9.97 Å². The molecule has 0 atom stereocenters. The molecule has 3 nitrogen and oxygen atoms in total. The number of rotatable bonds is 3. The number of aromatic nitrogens is 2. The molecule has 0 aromatic carbocycles. The lowest BCUT2D eigenvalue weighted by atomic mass is 10.3. The molecule has 0 aliphatic rings. The van der Waals surface area contributed by atoms with Gasteiger partial charge in [0.1, 0.15) is 6.26 Å². The van der Waals surface area contributed by atoms with Crippen LogP contribution in [0.25, 0.3) is 0 Å². The van der Waals surface area contributed by atoms with Crippen LogP contribution >= 0.6 is 11.3 Å². The van der Waals surface area contributed by atoms with Crippen LogP contribution in [-0.2, 0) is 12.8 Å². The number of hydrogen-bond donors (Lipinski definition) is 0. The Hall–Kier alpha value is -1.16. The van der Waals surface area contributed by atoms with E-state index in [1.54, 1.807) is 17.6 Å². The van der Waals surface area contributed by atoms with Gasteiger partial charge < -0.3 is 4.42 Å². The van der Waals surface area contributed by atoms with Crippen LogP contribution in [0.4, 0.5) is 0 Å². The molecule has 62 valence electrons. The van der Waals surface area contributed by atoms with E-state index in [0.717, 1.165) is 23.5 Å². The van der Waals surface area contributed by atoms with Gasteiger partial charge in [0.05, 0.1) is 10.7 Å². The summed E-state index contributed by atoms with van der Waals surface area (Å²) in [4.78, 5) is 8.20. The molecule has 0 spiro atoms. The van der Waals surface area contributed by atoms with Crippen molar-refractivity contribution in [2.24, 2.45) is 0 Å². The van der Waals surface area contributed by atoms with Crippen molar-refractivity contribution in [1.29, 1.82) is 0 Å². The highest BCUT2D eigenvalue weighted by Gasteiger charge is 1.99. The van der Waals surface area contributed by atoms with Crippen LogP contribution in [0.15, 0.2) is 28.7 Å². The predicted octanol–water partition coefficient (Wildman–Crippen LogP) is 1.92. The Labute approximate surface area is 74.1 Å². The maximum absolute atomic E-state index is 4.86. The van der Waals surface area contributed by atoms with E-state index in [1.807, 2.05) is 11.6 Å². The Morgan fingerprint density at radius 1 is 1.33 bits per heavy atom. The standard InChI is InChI=1S/C8H8N2OS/c1(7-5-11-6-10-7)2-8-9-3-4-12-8/h3-6H,1-2H2. The average Bonchev–Trinajstić information content (AvgIpc) is 2.74. The van der Waals surface area contributed by atoms with Crippen LogP contribution in [0, 0.1) is 0 Å². The highest BCUT2D eigenvalue weighted by Crippen LogP contribution is 2.07. The number of nitrogens with zero attached hydrogens (tertiary/aromatic N) is 2. The minimum atomic E-state index is 0.907. The molecule has 0 bridgehead atoms. The molecule has 4 heteroatoms. The van der Waals surface area contributed by atoms with E-state index in [4.69, 9.17) is 4.42 Å². The number of hydrogen-bond acceptors (Lipinski definition) is 4. The molecule has 12 heavy (non-hydrogen) atoms. The first kappa shape index (κ1) is 7.49. The van der Waals surface area contributed by atoms with E-state index >= 15 is 0 Å². The first-order valence-electron chi connectivity index (χ1n) is 3.70. The van der Waals surface area contributed by atoms with Crippen LogP contribution in [0.3, 0.4) is 0 Å². The summed E-state index contributed by atoms with van der Waals surface area (Å²) in [5.41, 5.74) is 0.991. The molecule has 2 rings (SSSR count). The van der Waals surface area contributed by atoms with Gasteiger partial charge in [-0.2, -0.15) is 0 Å². The second-order valence-corrected chi connectivity index (χ2v) is 3.38. The summed E-state index contributed by atoms with van der Waals surface area (Å²) in [6, 6.07) is 0. The lowest BCUT2D eigenvalue weighted by Crippen LogP contribution is -1.89. The third-order valence-electron chi connectivity index (χ3n) is 1.56. The van der Waals surface area contributed by atoms with E-state index in [0.29, 0.717) is 0 Å². The summed E-state index contributed by atoms with van der Waals surface area (Å²) in [6.07, 6.45) is 6.81. The first-order valence-corrected chi connectivity index (χ1v) is 4.58. The summed E-state index contributed by atoms with van der Waals surface area (Å²) < 4.78 is 4.86. The van der Waals surface area contributed by atoms with Gasteiger partial charge in [-0.15, -0.1) is 11.3 Å². The smallest absolute Gasteiger partial charge is 0.180 e. The highest BCUT2D eigenvalue weighted by atomic mass is 32.1. The topological polar surface area (TPSA) is 38.9 Å². The van der Waals surface area contributed by atoms with Gasteiger partial charge in [-0.1, -0.05) is 0 Å². The normalized spacial score (nSPS) is 10.3. The molecule has 0 N–H and O–H groups in total. The monoisotopic (exact) mass is 180 g/mol. The quantitative estimate of drug-likeness (QED) is 0.724. The maximum atomic E-state index is 4.86. The molecule has 0 saturated heterocycles. The lowest BCUT2D eigenvalue weighted by Gasteiger charge is -1.90. The second kappa shape index (κ2) is 3.49. The summed E-state index contributed by atoms with van der Waals surface area (Å²) in [6.45, 7) is 0. The minimum absolute atomic E-state index is 0.907. The Morgan fingerprint density at radius 2 is 2.33 bits per heavy atom. The van der Waals surface area contributed by atoms with Crippen molar-refractivity contribution in [3.63, 3.8) is 0 Å². The molecule has 0 saturated carbocycles. The summed E-state index contributed by atoms with van der Waals surface area (Å²) in [5.74, 6) is 0. The van der Waals surface area contributed by atoms with Gasteiger partial charge in [0.25, 0.3) is 0 Å². The Morgan fingerprint density at radius 3 is 3.00 bits per heavy atom. The average molecular weight is 180 g/mol. The van der Waals surface area contributed by atoms with E-state index < -0.39 is 0 Å². The van der Waals surface area contributed by atoms with Gasteiger partial charge in [0, 0.05) is 18.0 Å². The van der Waals surface area contributed by atoms with E-state index in [1.165, 1.54) is 6.39 Å². The Bertz CT molecular complexity index is 280. The van der Waals surface area contributed by atoms with Crippen LogP contribution in [0.5, 0.6) is 0 Å². The third-order valence-corrected chi connectivity index (χ3v) is 2.40. The molecule has 0 amide bonds. The Kier molecular flexibility index (Phi) is 2.18. The van der Waals surface area contributed by atoms with Crippen molar-refractivity contribution in [2.45, 2.75) is 12.8 Å². The van der Waals surface area contributed by atoms with Crippen molar-refractivity contribution < 1.29 is 4.42 Å². The van der Waals surface area contributed by atoms with Crippen LogP contribution in [-0.4, -0.2) is 9.97 Å². The molecule has 0 fully saturated rings. The zero-order chi connectivity index (χ0) is 8.23. The van der Waals surface area contributed by atoms with Crippen LogP contribution in [0.2, 0.25) is 0 Å². The molecule has 2 aromatic rings. The van der Waals surface area contributed by atoms with Crippen molar-refractivity contribution in [1.82, 2.24) is 9.97 Å². The van der Waals surface area contributed by atoms with Gasteiger partial charge in [-0.05, 0) is 6.42 Å². The van der Waals surface area contributed by atoms with Gasteiger partial charge >= 0.3 is 0 Å².